The van der Waals surface area contributed by atoms with Crippen LogP contribution in [-0.4, -0.2) is 26.0 Å². The third kappa shape index (κ3) is 1150. The summed E-state index contributed by atoms with van der Waals surface area (Å²) in [6.07, 6.45) is 0. The van der Waals surface area contributed by atoms with Crippen molar-refractivity contribution in [2.24, 2.45) is 0 Å². The maximum absolute atomic E-state index is 2.00. The molecule has 0 saturated heterocycles. The van der Waals surface area contributed by atoms with Gasteiger partial charge in [-0.15, -0.1) is 0 Å². The Morgan fingerprint density at radius 3 is 1.00 bits per heavy atom. The summed E-state index contributed by atoms with van der Waals surface area (Å²) < 4.78 is 0. The molecule has 0 aliphatic heterocycles. The van der Waals surface area contributed by atoms with Crippen molar-refractivity contribution in [3.05, 3.63) is 0 Å². The molecule has 0 saturated carbocycles. The smallest absolute Gasteiger partial charge is 0.0140 e. The molecule has 0 bridgehead atoms. The second kappa shape index (κ2) is 3.89. The summed E-state index contributed by atoms with van der Waals surface area (Å²) in [5, 5.41) is 0. The number of hydrogen-bond acceptors (Lipinski definition) is 1. The number of hydrogen-bond donors (Lipinski definition) is 0. The molecule has 5 heavy (non-hydrogen) atoms. The lowest BCUT2D eigenvalue weighted by molar-refractivity contribution is 0.505. The van der Waals surface area contributed by atoms with E-state index in [-0.39, 0.29) is 4.70 Å². The average Bonchev–Trinajstić information content (AvgIpc) is 0.811. The lowest BCUT2D eigenvalue weighted by Crippen LogP contribution is -1.99. The van der Waals surface area contributed by atoms with Gasteiger partial charge >= 0.3 is 0 Å². The first-order valence-electron chi connectivity index (χ1n) is 1.34. The highest BCUT2D eigenvalue weighted by Gasteiger charge is 1.58. The minimum atomic E-state index is 0. The fourth-order valence-corrected chi connectivity index (χ4v) is 0. The molecule has 0 spiro atoms. The average molecular weight is 79.1 g/mol. The van der Waals surface area contributed by atoms with Crippen LogP contribution in [-0.2, 0) is 0 Å². The Morgan fingerprint density at radius 2 is 1.00 bits per heavy atom. The summed E-state index contributed by atoms with van der Waals surface area (Å²) in [6.45, 7) is 0. The van der Waals surface area contributed by atoms with E-state index in [1.54, 1.807) is 0 Å². The third-order valence-corrected chi connectivity index (χ3v) is 0. The molecule has 0 aliphatic carbocycles. The molecular weight excluding hydrogens is 69.0 g/mol. The maximum Gasteiger partial charge on any atom is -0.0140 e. The van der Waals surface area contributed by atoms with Gasteiger partial charge in [-0.2, -0.15) is 0 Å². The van der Waals surface area contributed by atoms with Crippen LogP contribution >= 0.6 is 0 Å². The van der Waals surface area contributed by atoms with Gasteiger partial charge in [0.05, 0.1) is 0 Å². The molecule has 2 heteroatoms. The van der Waals surface area contributed by atoms with Crippen LogP contribution in [0.25, 0.3) is 0 Å². The van der Waals surface area contributed by atoms with Gasteiger partial charge < -0.3 is 4.90 Å². The normalized spacial score (nSPS) is 7.20. The monoisotopic (exact) mass is 79.1 g/mol. The van der Waals surface area contributed by atoms with E-state index in [0.29, 0.717) is 0 Å². The van der Waals surface area contributed by atoms with E-state index in [4.69, 9.17) is 0 Å². The molecule has 0 rings (SSSR count). The van der Waals surface area contributed by atoms with E-state index in [9.17, 15) is 0 Å². The zero-order chi connectivity index (χ0) is 3.58. The molecule has 0 N–H and O–H groups in total. The molecule has 0 heterocycles. The van der Waals surface area contributed by atoms with Crippen molar-refractivity contribution in [3.8, 4) is 0 Å². The van der Waals surface area contributed by atoms with Gasteiger partial charge in [0.1, 0.15) is 0 Å². The second-order valence-corrected chi connectivity index (χ2v) is 1.34. The van der Waals surface area contributed by atoms with Gasteiger partial charge in [0.15, 0.2) is 0 Å². The first-order valence-corrected chi connectivity index (χ1v) is 1.34. The van der Waals surface area contributed by atoms with Crippen molar-refractivity contribution in [1.82, 2.24) is 4.90 Å². The second-order valence-electron chi connectivity index (χ2n) is 1.34. The first kappa shape index (κ1) is 8.86. The van der Waals surface area contributed by atoms with Crippen LogP contribution < -0.4 is 0 Å². The van der Waals surface area contributed by atoms with Crippen LogP contribution in [0, 0.1) is 0 Å². The largest absolute Gasteiger partial charge is 0.312 e. The van der Waals surface area contributed by atoms with Gasteiger partial charge in [-0.3, -0.25) is 4.70 Å². The zero-order valence-corrected chi connectivity index (χ0v) is 3.86. The molecule has 0 aliphatic rings. The molecule has 0 aromatic heterocycles. The van der Waals surface area contributed by atoms with Gasteiger partial charge in [0.2, 0.25) is 0 Å². The quantitative estimate of drug-likeness (QED) is 0.404. The first-order chi connectivity index (χ1) is 1.73. The lowest BCUT2D eigenvalue weighted by Gasteiger charge is -1.90. The Bertz CT molecular complexity index is 11.6. The van der Waals surface area contributed by atoms with Gasteiger partial charge in [-0.05, 0) is 21.1 Å². The molecule has 34 valence electrons. The highest BCUT2D eigenvalue weighted by Crippen LogP contribution is 1.47. The van der Waals surface area contributed by atoms with Crippen LogP contribution in [0.4, 0.5) is 4.70 Å². The van der Waals surface area contributed by atoms with Gasteiger partial charge in [-0.1, -0.05) is 0 Å². The van der Waals surface area contributed by atoms with E-state index < -0.39 is 0 Å². The van der Waals surface area contributed by atoms with Crippen LogP contribution in [0.1, 0.15) is 0 Å². The molecule has 0 amide bonds. The Balaban J connectivity index is 0. The van der Waals surface area contributed by atoms with Crippen LogP contribution in [0.3, 0.4) is 0 Å². The highest BCUT2D eigenvalue weighted by molar-refractivity contribution is 4.09. The van der Waals surface area contributed by atoms with E-state index in [1.165, 1.54) is 0 Å². The van der Waals surface area contributed by atoms with Gasteiger partial charge in [-0.25, -0.2) is 0 Å². The third-order valence-electron chi connectivity index (χ3n) is 0. The SMILES string of the molecule is CN(C)C.F. The Hall–Kier alpha value is -0.110. The van der Waals surface area contributed by atoms with Crippen molar-refractivity contribution >= 4 is 0 Å². The van der Waals surface area contributed by atoms with E-state index in [1.807, 2.05) is 26.0 Å². The summed E-state index contributed by atoms with van der Waals surface area (Å²) in [5.41, 5.74) is 0. The van der Waals surface area contributed by atoms with Gasteiger partial charge in [0, 0.05) is 0 Å². The van der Waals surface area contributed by atoms with Crippen molar-refractivity contribution in [3.63, 3.8) is 0 Å². The Kier molecular flexibility index (Phi) is 6.89. The van der Waals surface area contributed by atoms with Crippen molar-refractivity contribution in [2.75, 3.05) is 21.1 Å². The van der Waals surface area contributed by atoms with E-state index in [0.717, 1.165) is 0 Å². The topological polar surface area (TPSA) is 3.24 Å². The minimum Gasteiger partial charge on any atom is -0.312 e. The van der Waals surface area contributed by atoms with E-state index >= 15 is 0 Å². The van der Waals surface area contributed by atoms with Crippen molar-refractivity contribution in [1.29, 1.82) is 0 Å². The van der Waals surface area contributed by atoms with Crippen molar-refractivity contribution in [2.45, 2.75) is 0 Å². The summed E-state index contributed by atoms with van der Waals surface area (Å²) >= 11 is 0. The summed E-state index contributed by atoms with van der Waals surface area (Å²) in [5.74, 6) is 0. The predicted molar refractivity (Wildman–Crippen MR) is 22.1 cm³/mol. The van der Waals surface area contributed by atoms with Gasteiger partial charge in [0.25, 0.3) is 0 Å². The molecule has 0 unspecified atom stereocenters. The van der Waals surface area contributed by atoms with E-state index in [2.05, 4.69) is 0 Å². The standard InChI is InChI=1S/C3H9N.FH/c1-4(2)3;/h1-3H3;1H. The van der Waals surface area contributed by atoms with Crippen molar-refractivity contribution < 1.29 is 4.70 Å². The molecule has 0 aromatic rings. The zero-order valence-electron chi connectivity index (χ0n) is 3.86. The maximum atomic E-state index is 2.00. The molecule has 0 fully saturated rings. The molecule has 0 atom stereocenters. The Labute approximate surface area is 32.0 Å². The van der Waals surface area contributed by atoms with Crippen LogP contribution in [0.5, 0.6) is 0 Å². The minimum absolute atomic E-state index is 0. The predicted octanol–water partition coefficient (Wildman–Crippen LogP) is 0.330. The summed E-state index contributed by atoms with van der Waals surface area (Å²) in [4.78, 5) is 2.00. The Morgan fingerprint density at radius 1 is 1.00 bits per heavy atom. The fraction of sp³-hybridized carbons (Fsp3) is 1.00. The molecule has 0 aromatic carbocycles. The molecule has 1 nitrogen and oxygen atoms in total. The van der Waals surface area contributed by atoms with Crippen LogP contribution in [0.15, 0.2) is 0 Å². The fourth-order valence-electron chi connectivity index (χ4n) is 0. The number of rotatable bonds is 0. The highest BCUT2D eigenvalue weighted by atomic mass is 19.0. The lowest BCUT2D eigenvalue weighted by atomic mass is 11.0. The molecule has 0 radical (unpaired) electrons. The summed E-state index contributed by atoms with van der Waals surface area (Å²) in [6, 6.07) is 0. The number of nitrogens with zero attached hydrogens (tertiary/aromatic N) is 1. The molecular formula is C3H10FN. The number of halogens is 1. The van der Waals surface area contributed by atoms with Crippen LogP contribution in [0.2, 0.25) is 0 Å². The summed E-state index contributed by atoms with van der Waals surface area (Å²) in [7, 11) is 6.00.